The Labute approximate surface area is 116 Å². The van der Waals surface area contributed by atoms with Crippen LogP contribution in [0.1, 0.15) is 33.3 Å². The van der Waals surface area contributed by atoms with Gasteiger partial charge in [-0.15, -0.1) is 11.8 Å². The number of thioether (sulfide) groups is 1. The smallest absolute Gasteiger partial charge is 0.0136 e. The number of nitrogens with two attached hydrogens (primary N) is 1. The van der Waals surface area contributed by atoms with E-state index in [9.17, 15) is 0 Å². The summed E-state index contributed by atoms with van der Waals surface area (Å²) in [5.74, 6) is 1.12. The molecule has 0 heterocycles. The maximum Gasteiger partial charge on any atom is 0.0136 e. The van der Waals surface area contributed by atoms with Crippen molar-refractivity contribution in [2.75, 3.05) is 18.8 Å². The van der Waals surface area contributed by atoms with E-state index in [0.717, 1.165) is 18.8 Å². The van der Waals surface area contributed by atoms with Crippen LogP contribution in [0, 0.1) is 0 Å². The minimum absolute atomic E-state index is 0.143. The second-order valence-electron chi connectivity index (χ2n) is 5.45. The minimum atomic E-state index is 0.143. The molecule has 2 nitrogen and oxygen atoms in total. The molecule has 0 radical (unpaired) electrons. The van der Waals surface area contributed by atoms with Crippen molar-refractivity contribution < 1.29 is 0 Å². The molecule has 1 rings (SSSR count). The van der Waals surface area contributed by atoms with Crippen molar-refractivity contribution in [1.82, 2.24) is 5.32 Å². The highest BCUT2D eigenvalue weighted by Gasteiger charge is 2.19. The van der Waals surface area contributed by atoms with Crippen LogP contribution in [-0.4, -0.2) is 24.9 Å². The van der Waals surface area contributed by atoms with E-state index >= 15 is 0 Å². The van der Waals surface area contributed by atoms with Crippen LogP contribution in [-0.2, 0) is 5.41 Å². The Kier molecular flexibility index (Phi) is 6.19. The fraction of sp³-hybridized carbons (Fsp3) is 0.600. The van der Waals surface area contributed by atoms with Crippen molar-refractivity contribution in [3.8, 4) is 0 Å². The minimum Gasteiger partial charge on any atom is -0.327 e. The van der Waals surface area contributed by atoms with Crippen LogP contribution in [0.4, 0.5) is 0 Å². The summed E-state index contributed by atoms with van der Waals surface area (Å²) in [4.78, 5) is 1.35. The van der Waals surface area contributed by atoms with Crippen molar-refractivity contribution in [3.05, 3.63) is 29.8 Å². The lowest BCUT2D eigenvalue weighted by Gasteiger charge is -2.26. The highest BCUT2D eigenvalue weighted by atomic mass is 32.2. The number of rotatable bonds is 7. The third-order valence-corrected chi connectivity index (χ3v) is 3.87. The third-order valence-electron chi connectivity index (χ3n) is 2.98. The molecule has 0 fully saturated rings. The molecule has 1 atom stereocenters. The zero-order valence-corrected chi connectivity index (χ0v) is 12.8. The summed E-state index contributed by atoms with van der Waals surface area (Å²) in [7, 11) is 0. The predicted octanol–water partition coefficient (Wildman–Crippen LogP) is 3.01. The Bertz CT molecular complexity index is 344. The second kappa shape index (κ2) is 7.17. The molecular formula is C15H26N2S. The van der Waals surface area contributed by atoms with Gasteiger partial charge in [0, 0.05) is 29.4 Å². The van der Waals surface area contributed by atoms with Crippen molar-refractivity contribution in [2.45, 2.75) is 44.0 Å². The fourth-order valence-corrected chi connectivity index (χ4v) is 2.55. The van der Waals surface area contributed by atoms with Crippen LogP contribution >= 0.6 is 11.8 Å². The van der Waals surface area contributed by atoms with E-state index in [1.807, 2.05) is 18.7 Å². The van der Waals surface area contributed by atoms with Gasteiger partial charge in [-0.2, -0.15) is 0 Å². The summed E-state index contributed by atoms with van der Waals surface area (Å²) < 4.78 is 0. The van der Waals surface area contributed by atoms with Gasteiger partial charge in [0.1, 0.15) is 0 Å². The molecule has 102 valence electrons. The van der Waals surface area contributed by atoms with Crippen molar-refractivity contribution in [1.29, 1.82) is 0 Å². The molecule has 0 aromatic heterocycles. The summed E-state index contributed by atoms with van der Waals surface area (Å²) in [6.45, 7) is 10.6. The van der Waals surface area contributed by atoms with Crippen LogP contribution in [0.2, 0.25) is 0 Å². The fourth-order valence-electron chi connectivity index (χ4n) is 1.88. The molecule has 0 spiro atoms. The average Bonchev–Trinajstić information content (AvgIpc) is 2.29. The zero-order valence-electron chi connectivity index (χ0n) is 12.0. The molecule has 1 unspecified atom stereocenters. The van der Waals surface area contributed by atoms with Crippen molar-refractivity contribution in [3.63, 3.8) is 0 Å². The number of hydrogen-bond acceptors (Lipinski definition) is 3. The van der Waals surface area contributed by atoms with E-state index in [4.69, 9.17) is 5.73 Å². The van der Waals surface area contributed by atoms with Gasteiger partial charge in [-0.3, -0.25) is 0 Å². The molecule has 0 aliphatic heterocycles. The van der Waals surface area contributed by atoms with Gasteiger partial charge in [0.2, 0.25) is 0 Å². The van der Waals surface area contributed by atoms with Gasteiger partial charge < -0.3 is 11.1 Å². The molecule has 0 bridgehead atoms. The molecule has 1 aromatic rings. The Hall–Kier alpha value is -0.510. The van der Waals surface area contributed by atoms with Gasteiger partial charge in [-0.1, -0.05) is 32.9 Å². The Morgan fingerprint density at radius 2 is 1.89 bits per heavy atom. The van der Waals surface area contributed by atoms with Crippen molar-refractivity contribution >= 4 is 11.8 Å². The van der Waals surface area contributed by atoms with Crippen LogP contribution in [0.15, 0.2) is 29.2 Å². The molecule has 0 saturated heterocycles. The van der Waals surface area contributed by atoms with Crippen molar-refractivity contribution in [2.24, 2.45) is 5.73 Å². The first-order valence-electron chi connectivity index (χ1n) is 6.65. The molecule has 0 amide bonds. The largest absolute Gasteiger partial charge is 0.327 e. The molecule has 0 aliphatic carbocycles. The molecule has 0 aliphatic rings. The summed E-state index contributed by atoms with van der Waals surface area (Å²) in [6.07, 6.45) is 0. The maximum atomic E-state index is 5.75. The van der Waals surface area contributed by atoms with E-state index in [-0.39, 0.29) is 11.5 Å². The first-order chi connectivity index (χ1) is 8.45. The normalized spacial score (nSPS) is 13.6. The number of benzene rings is 1. The lowest BCUT2D eigenvalue weighted by Crippen LogP contribution is -2.38. The molecule has 18 heavy (non-hydrogen) atoms. The quantitative estimate of drug-likeness (QED) is 0.745. The lowest BCUT2D eigenvalue weighted by atomic mass is 9.84. The van der Waals surface area contributed by atoms with E-state index in [1.165, 1.54) is 10.5 Å². The predicted molar refractivity (Wildman–Crippen MR) is 82.4 cm³/mol. The first kappa shape index (κ1) is 15.5. The lowest BCUT2D eigenvalue weighted by molar-refractivity contribution is 0.458. The van der Waals surface area contributed by atoms with Gasteiger partial charge in [-0.05, 0) is 30.4 Å². The topological polar surface area (TPSA) is 38.0 Å². The number of hydrogen-bond donors (Lipinski definition) is 2. The molecule has 3 N–H and O–H groups in total. The summed E-state index contributed by atoms with van der Waals surface area (Å²) in [5, 5.41) is 3.43. The van der Waals surface area contributed by atoms with Crippen LogP contribution in [0.5, 0.6) is 0 Å². The zero-order chi connectivity index (χ0) is 13.6. The summed E-state index contributed by atoms with van der Waals surface area (Å²) in [6, 6.07) is 9.13. The second-order valence-corrected chi connectivity index (χ2v) is 6.79. The summed E-state index contributed by atoms with van der Waals surface area (Å²) in [5.41, 5.74) is 7.27. The average molecular weight is 266 g/mol. The molecular weight excluding hydrogens is 240 g/mol. The maximum absolute atomic E-state index is 5.75. The SMILES string of the molecule is CCSc1ccc(C(C)(C)CNCC(C)N)cc1. The van der Waals surface area contributed by atoms with E-state index < -0.39 is 0 Å². The highest BCUT2D eigenvalue weighted by molar-refractivity contribution is 7.99. The van der Waals surface area contributed by atoms with Gasteiger partial charge in [0.05, 0.1) is 0 Å². The monoisotopic (exact) mass is 266 g/mol. The standard InChI is InChI=1S/C15H26N2S/c1-5-18-14-8-6-13(7-9-14)15(3,4)11-17-10-12(2)16/h6-9,12,17H,5,10-11,16H2,1-4H3. The van der Waals surface area contributed by atoms with Gasteiger partial charge >= 0.3 is 0 Å². The van der Waals surface area contributed by atoms with Gasteiger partial charge in [0.25, 0.3) is 0 Å². The Morgan fingerprint density at radius 1 is 1.28 bits per heavy atom. The van der Waals surface area contributed by atoms with Crippen LogP contribution in [0.3, 0.4) is 0 Å². The molecule has 1 aromatic carbocycles. The molecule has 3 heteroatoms. The highest BCUT2D eigenvalue weighted by Crippen LogP contribution is 2.25. The first-order valence-corrected chi connectivity index (χ1v) is 7.64. The van der Waals surface area contributed by atoms with Gasteiger partial charge in [-0.25, -0.2) is 0 Å². The van der Waals surface area contributed by atoms with Crippen LogP contribution in [0.25, 0.3) is 0 Å². The van der Waals surface area contributed by atoms with E-state index in [2.05, 4.69) is 50.4 Å². The van der Waals surface area contributed by atoms with E-state index in [0.29, 0.717) is 0 Å². The van der Waals surface area contributed by atoms with Gasteiger partial charge in [0.15, 0.2) is 0 Å². The Morgan fingerprint density at radius 3 is 2.39 bits per heavy atom. The number of nitrogens with one attached hydrogen (secondary N) is 1. The third kappa shape index (κ3) is 5.01. The van der Waals surface area contributed by atoms with Crippen LogP contribution < -0.4 is 11.1 Å². The summed E-state index contributed by atoms with van der Waals surface area (Å²) >= 11 is 1.88. The molecule has 0 saturated carbocycles. The Balaban J connectivity index is 2.60. The van der Waals surface area contributed by atoms with E-state index in [1.54, 1.807) is 0 Å².